The molecule has 6 rings (SSSR count). The van der Waals surface area contributed by atoms with Gasteiger partial charge in [0.2, 0.25) is 5.95 Å². The summed E-state index contributed by atoms with van der Waals surface area (Å²) < 4.78 is 13.0. The zero-order valence-corrected chi connectivity index (χ0v) is 20.4. The molecule has 4 aliphatic rings. The van der Waals surface area contributed by atoms with Gasteiger partial charge in [0.05, 0.1) is 28.6 Å². The van der Waals surface area contributed by atoms with Crippen LogP contribution in [-0.2, 0) is 17.2 Å². The average Bonchev–Trinajstić information content (AvgIpc) is 2.91. The van der Waals surface area contributed by atoms with E-state index in [4.69, 9.17) is 21.6 Å². The molecule has 3 heterocycles. The number of nitrogens with one attached hydrogen (secondary N) is 1. The average molecular weight is 487 g/mol. The molecule has 8 heteroatoms. The summed E-state index contributed by atoms with van der Waals surface area (Å²) in [4.78, 5) is 12.9. The number of aryl methyl sites for hydroxylation is 1. The third-order valence-corrected chi connectivity index (χ3v) is 9.97. The van der Waals surface area contributed by atoms with Gasteiger partial charge in [0.1, 0.15) is 10.7 Å². The number of hydrogen-bond acceptors (Lipinski definition) is 6. The van der Waals surface area contributed by atoms with Crippen LogP contribution in [0, 0.1) is 5.41 Å². The fourth-order valence-corrected chi connectivity index (χ4v) is 7.56. The summed E-state index contributed by atoms with van der Waals surface area (Å²) in [6.45, 7) is 2.03. The maximum Gasteiger partial charge on any atom is 0.227 e. The first-order valence-electron chi connectivity index (χ1n) is 12.2. The minimum atomic E-state index is -1.09. The molecule has 0 unspecified atom stereocenters. The highest BCUT2D eigenvalue weighted by molar-refractivity contribution is 7.85. The number of benzene rings is 1. The molecule has 1 aromatic heterocycles. The van der Waals surface area contributed by atoms with Gasteiger partial charge in [-0.25, -0.2) is 4.98 Å². The highest BCUT2D eigenvalue weighted by Gasteiger charge is 2.53. The topological polar surface area (TPSA) is 78.4 Å². The third kappa shape index (κ3) is 3.86. The van der Waals surface area contributed by atoms with Crippen molar-refractivity contribution in [3.8, 4) is 0 Å². The predicted molar refractivity (Wildman–Crippen MR) is 132 cm³/mol. The normalized spacial score (nSPS) is 25.4. The second-order valence-electron chi connectivity index (χ2n) is 10.6. The molecule has 1 saturated heterocycles. The number of rotatable bonds is 5. The molecule has 176 valence electrons. The molecule has 2 aliphatic heterocycles. The van der Waals surface area contributed by atoms with Crippen LogP contribution in [0.2, 0.25) is 5.02 Å². The van der Waals surface area contributed by atoms with Crippen molar-refractivity contribution >= 4 is 34.2 Å². The van der Waals surface area contributed by atoms with E-state index >= 15 is 0 Å². The zero-order valence-electron chi connectivity index (χ0n) is 18.9. The molecule has 0 bridgehead atoms. The molecule has 1 atom stereocenters. The van der Waals surface area contributed by atoms with Crippen LogP contribution < -0.4 is 10.2 Å². The summed E-state index contributed by atoms with van der Waals surface area (Å²) in [5.41, 5.74) is 2.34. The first-order valence-corrected chi connectivity index (χ1v) is 13.9. The molecule has 2 saturated carbocycles. The van der Waals surface area contributed by atoms with Crippen molar-refractivity contribution in [2.45, 2.75) is 67.7 Å². The van der Waals surface area contributed by atoms with Crippen LogP contribution in [0.15, 0.2) is 29.2 Å². The zero-order chi connectivity index (χ0) is 22.6. The Hall–Kier alpha value is -1.70. The number of halogens is 1. The Labute approximate surface area is 202 Å². The largest absolute Gasteiger partial charge is 0.394 e. The quantitative estimate of drug-likeness (QED) is 0.656. The van der Waals surface area contributed by atoms with Crippen LogP contribution in [-0.4, -0.2) is 50.3 Å². The lowest BCUT2D eigenvalue weighted by Gasteiger charge is -2.59. The fourth-order valence-electron chi connectivity index (χ4n) is 6.04. The third-order valence-electron chi connectivity index (χ3n) is 8.18. The van der Waals surface area contributed by atoms with Crippen LogP contribution in [0.3, 0.4) is 0 Å². The molecule has 3 fully saturated rings. The Bertz CT molecular complexity index is 1070. The molecule has 2 aliphatic carbocycles. The molecule has 1 spiro atoms. The summed E-state index contributed by atoms with van der Waals surface area (Å²) in [5, 5.41) is 14.3. The fraction of sp³-hybridized carbons (Fsp3) is 0.600. The van der Waals surface area contributed by atoms with Gasteiger partial charge in [0, 0.05) is 29.3 Å². The standard InChI is InChI=1S/C25H31ClN4O2S/c26-19-7-5-17(6-8-19)18-12-24(13-18)14-30(15-24)23-27-20-4-1-2-11-33(32)21(20)22(28-23)29-25(16-31)9-3-10-25/h5-8,18,31H,1-4,9-16H2,(H,27,28,29)/t33-/m0/s1. The van der Waals surface area contributed by atoms with Crippen LogP contribution >= 0.6 is 11.6 Å². The lowest BCUT2D eigenvalue weighted by Crippen LogP contribution is -2.62. The number of aromatic nitrogens is 2. The van der Waals surface area contributed by atoms with Gasteiger partial charge in [-0.2, -0.15) is 4.98 Å². The molecule has 2 N–H and O–H groups in total. The van der Waals surface area contributed by atoms with Gasteiger partial charge in [0.25, 0.3) is 0 Å². The van der Waals surface area contributed by atoms with Crippen molar-refractivity contribution < 1.29 is 9.32 Å². The van der Waals surface area contributed by atoms with Crippen LogP contribution in [0.25, 0.3) is 0 Å². The second-order valence-corrected chi connectivity index (χ2v) is 12.5. The van der Waals surface area contributed by atoms with Crippen LogP contribution in [0.4, 0.5) is 11.8 Å². The van der Waals surface area contributed by atoms with Gasteiger partial charge in [-0.15, -0.1) is 0 Å². The van der Waals surface area contributed by atoms with Crippen molar-refractivity contribution in [2.75, 3.05) is 35.7 Å². The lowest BCUT2D eigenvalue weighted by atomic mass is 9.56. The molecule has 2 aromatic rings. The van der Waals surface area contributed by atoms with Crippen molar-refractivity contribution in [3.63, 3.8) is 0 Å². The summed E-state index contributed by atoms with van der Waals surface area (Å²) >= 11 is 6.04. The Morgan fingerprint density at radius 3 is 2.55 bits per heavy atom. The van der Waals surface area contributed by atoms with E-state index in [0.717, 1.165) is 73.2 Å². The predicted octanol–water partition coefficient (Wildman–Crippen LogP) is 4.28. The Morgan fingerprint density at radius 1 is 1.12 bits per heavy atom. The summed E-state index contributed by atoms with van der Waals surface area (Å²) in [6, 6.07) is 8.28. The molecule has 0 radical (unpaired) electrons. The molecule has 6 nitrogen and oxygen atoms in total. The van der Waals surface area contributed by atoms with Gasteiger partial charge in [-0.3, -0.25) is 4.21 Å². The second kappa shape index (κ2) is 8.21. The summed E-state index contributed by atoms with van der Waals surface area (Å²) in [7, 11) is -1.09. The minimum Gasteiger partial charge on any atom is -0.394 e. The highest BCUT2D eigenvalue weighted by Crippen LogP contribution is 2.56. The first-order chi connectivity index (χ1) is 16.0. The molecule has 33 heavy (non-hydrogen) atoms. The van der Waals surface area contributed by atoms with Gasteiger partial charge in [0.15, 0.2) is 0 Å². The Kier molecular flexibility index (Phi) is 5.42. The maximum atomic E-state index is 13.0. The summed E-state index contributed by atoms with van der Waals surface area (Å²) in [6.07, 6.45) is 8.12. The van der Waals surface area contributed by atoms with E-state index in [2.05, 4.69) is 22.3 Å². The van der Waals surface area contributed by atoms with E-state index in [1.54, 1.807) is 0 Å². The van der Waals surface area contributed by atoms with E-state index in [1.807, 2.05) is 12.1 Å². The van der Waals surface area contributed by atoms with E-state index < -0.39 is 10.8 Å². The number of anilines is 2. The minimum absolute atomic E-state index is 0.0760. The number of nitrogens with zero attached hydrogens (tertiary/aromatic N) is 3. The van der Waals surface area contributed by atoms with Gasteiger partial charge in [-0.1, -0.05) is 23.7 Å². The van der Waals surface area contributed by atoms with Crippen molar-refractivity contribution in [1.82, 2.24) is 9.97 Å². The van der Waals surface area contributed by atoms with Crippen LogP contribution in [0.1, 0.15) is 62.1 Å². The van der Waals surface area contributed by atoms with Crippen molar-refractivity contribution in [1.29, 1.82) is 0 Å². The van der Waals surface area contributed by atoms with Gasteiger partial charge in [-0.05, 0) is 75.0 Å². The number of hydrogen-bond donors (Lipinski definition) is 2. The Morgan fingerprint density at radius 2 is 1.88 bits per heavy atom. The van der Waals surface area contributed by atoms with Crippen molar-refractivity contribution in [3.05, 3.63) is 40.5 Å². The Balaban J connectivity index is 1.21. The van der Waals surface area contributed by atoms with E-state index in [0.29, 0.717) is 22.9 Å². The summed E-state index contributed by atoms with van der Waals surface area (Å²) in [5.74, 6) is 2.72. The molecular weight excluding hydrogens is 456 g/mol. The SMILES string of the molecule is O=[S@]1CCCCc2nc(N3CC4(CC(c5ccc(Cl)cc5)C4)C3)nc(NC3(CO)CCC3)c21. The monoisotopic (exact) mass is 486 g/mol. The number of fused-ring (bicyclic) bond motifs is 1. The molecular formula is C25H31ClN4O2S. The van der Waals surface area contributed by atoms with Gasteiger partial charge >= 0.3 is 0 Å². The van der Waals surface area contributed by atoms with Crippen LogP contribution in [0.5, 0.6) is 0 Å². The van der Waals surface area contributed by atoms with Gasteiger partial charge < -0.3 is 15.3 Å². The molecule has 1 aromatic carbocycles. The highest BCUT2D eigenvalue weighted by atomic mass is 35.5. The smallest absolute Gasteiger partial charge is 0.227 e. The first kappa shape index (κ1) is 21.8. The lowest BCUT2D eigenvalue weighted by molar-refractivity contribution is 0.0619. The van der Waals surface area contributed by atoms with Crippen molar-refractivity contribution in [2.24, 2.45) is 5.41 Å². The molecule has 0 amide bonds. The van der Waals surface area contributed by atoms with E-state index in [1.165, 1.54) is 18.4 Å². The van der Waals surface area contributed by atoms with E-state index in [9.17, 15) is 9.32 Å². The number of aliphatic hydroxyl groups is 1. The van der Waals surface area contributed by atoms with E-state index in [-0.39, 0.29) is 12.1 Å². The maximum absolute atomic E-state index is 13.0. The number of aliphatic hydroxyl groups excluding tert-OH is 1.